The van der Waals surface area contributed by atoms with Crippen molar-refractivity contribution in [1.29, 1.82) is 5.26 Å². The van der Waals surface area contributed by atoms with Crippen molar-refractivity contribution < 1.29 is 0 Å². The Balaban J connectivity index is 2.35. The smallest absolute Gasteiger partial charge is 0.0666 e. The largest absolute Gasteiger partial charge is 0.329 e. The zero-order valence-electron chi connectivity index (χ0n) is 8.53. The van der Waals surface area contributed by atoms with Crippen LogP contribution in [0, 0.1) is 23.2 Å². The zero-order chi connectivity index (χ0) is 9.84. The lowest BCUT2D eigenvalue weighted by molar-refractivity contribution is 0.210. The van der Waals surface area contributed by atoms with E-state index in [1.54, 1.807) is 0 Å². The number of hydrogen-bond acceptors (Lipinski definition) is 3. The van der Waals surface area contributed by atoms with Crippen LogP contribution in [0.2, 0.25) is 0 Å². The molecule has 1 saturated carbocycles. The Morgan fingerprint density at radius 2 is 2.23 bits per heavy atom. The molecule has 0 spiro atoms. The highest BCUT2D eigenvalue weighted by atomic mass is 15.1. The van der Waals surface area contributed by atoms with E-state index in [0.717, 1.165) is 19.0 Å². The summed E-state index contributed by atoms with van der Waals surface area (Å²) >= 11 is 0. The Labute approximate surface area is 80.5 Å². The van der Waals surface area contributed by atoms with Gasteiger partial charge in [-0.3, -0.25) is 0 Å². The predicted octanol–water partition coefficient (Wildman–Crippen LogP) is 0.815. The first-order valence-corrected chi connectivity index (χ1v) is 4.99. The van der Waals surface area contributed by atoms with Gasteiger partial charge < -0.3 is 10.6 Å². The fourth-order valence-corrected chi connectivity index (χ4v) is 1.82. The average molecular weight is 181 g/mol. The summed E-state index contributed by atoms with van der Waals surface area (Å²) in [6.45, 7) is 3.52. The van der Waals surface area contributed by atoms with Crippen LogP contribution in [0.3, 0.4) is 0 Å². The van der Waals surface area contributed by atoms with Gasteiger partial charge in [0.25, 0.3) is 0 Å². The van der Waals surface area contributed by atoms with E-state index in [4.69, 9.17) is 11.0 Å². The highest BCUT2D eigenvalue weighted by molar-refractivity contribution is 4.90. The van der Waals surface area contributed by atoms with Gasteiger partial charge in [0.05, 0.1) is 12.0 Å². The molecule has 0 heterocycles. The maximum Gasteiger partial charge on any atom is 0.0666 e. The molecule has 0 bridgehead atoms. The summed E-state index contributed by atoms with van der Waals surface area (Å²) in [4.78, 5) is 2.24. The van der Waals surface area contributed by atoms with E-state index in [-0.39, 0.29) is 5.92 Å². The van der Waals surface area contributed by atoms with Crippen molar-refractivity contribution in [2.45, 2.75) is 25.8 Å². The van der Waals surface area contributed by atoms with E-state index < -0.39 is 0 Å². The van der Waals surface area contributed by atoms with E-state index in [0.29, 0.717) is 6.04 Å². The molecule has 0 aromatic rings. The Morgan fingerprint density at radius 1 is 1.62 bits per heavy atom. The first-order valence-electron chi connectivity index (χ1n) is 4.99. The van der Waals surface area contributed by atoms with Crippen LogP contribution >= 0.6 is 0 Å². The topological polar surface area (TPSA) is 53.0 Å². The summed E-state index contributed by atoms with van der Waals surface area (Å²) < 4.78 is 0. The van der Waals surface area contributed by atoms with Crippen molar-refractivity contribution in [2.75, 3.05) is 20.1 Å². The van der Waals surface area contributed by atoms with E-state index in [9.17, 15) is 0 Å². The van der Waals surface area contributed by atoms with Crippen LogP contribution in [-0.4, -0.2) is 31.1 Å². The number of nitrogens with two attached hydrogens (primary N) is 1. The average Bonchev–Trinajstić information content (AvgIpc) is 2.89. The molecule has 1 rings (SSSR count). The van der Waals surface area contributed by atoms with Gasteiger partial charge in [-0.25, -0.2) is 0 Å². The van der Waals surface area contributed by atoms with Crippen LogP contribution in [0.25, 0.3) is 0 Å². The molecular formula is C10H19N3. The van der Waals surface area contributed by atoms with Crippen LogP contribution in [-0.2, 0) is 0 Å². The highest BCUT2D eigenvalue weighted by Crippen LogP contribution is 2.34. The lowest BCUT2D eigenvalue weighted by Gasteiger charge is -2.27. The summed E-state index contributed by atoms with van der Waals surface area (Å²) in [6.07, 6.45) is 2.63. The Morgan fingerprint density at radius 3 is 2.62 bits per heavy atom. The van der Waals surface area contributed by atoms with Gasteiger partial charge in [-0.05, 0) is 32.7 Å². The van der Waals surface area contributed by atoms with E-state index in [1.807, 2.05) is 6.92 Å². The summed E-state index contributed by atoms with van der Waals surface area (Å²) in [5.74, 6) is 0.902. The van der Waals surface area contributed by atoms with Crippen LogP contribution in [0.4, 0.5) is 0 Å². The van der Waals surface area contributed by atoms with Crippen molar-refractivity contribution in [1.82, 2.24) is 4.90 Å². The lowest BCUT2D eigenvalue weighted by Crippen LogP contribution is -2.41. The van der Waals surface area contributed by atoms with Gasteiger partial charge in [-0.15, -0.1) is 0 Å². The minimum atomic E-state index is 0.109. The van der Waals surface area contributed by atoms with Crippen LogP contribution in [0.1, 0.15) is 19.8 Å². The zero-order valence-corrected chi connectivity index (χ0v) is 8.53. The number of rotatable bonds is 5. The number of hydrogen-bond donors (Lipinski definition) is 1. The Hall–Kier alpha value is -0.590. The summed E-state index contributed by atoms with van der Waals surface area (Å²) in [6, 6.07) is 2.75. The van der Waals surface area contributed by atoms with Gasteiger partial charge in [0.1, 0.15) is 0 Å². The highest BCUT2D eigenvalue weighted by Gasteiger charge is 2.32. The lowest BCUT2D eigenvalue weighted by atomic mass is 10.1. The van der Waals surface area contributed by atoms with Crippen molar-refractivity contribution in [3.05, 3.63) is 0 Å². The quantitative estimate of drug-likeness (QED) is 0.683. The molecule has 0 aromatic carbocycles. The molecule has 2 atom stereocenters. The maximum absolute atomic E-state index is 8.68. The standard InChI is InChI=1S/C10H19N3/c1-8(5-11)7-13(2)10(6-12)9-3-4-9/h8-10H,3-4,6-7,12H2,1-2H3. The second kappa shape index (κ2) is 4.59. The fraction of sp³-hybridized carbons (Fsp3) is 0.900. The van der Waals surface area contributed by atoms with Crippen molar-refractivity contribution in [2.24, 2.45) is 17.6 Å². The van der Waals surface area contributed by atoms with E-state index in [1.165, 1.54) is 12.8 Å². The first-order chi connectivity index (χ1) is 6.19. The third-order valence-electron chi connectivity index (χ3n) is 2.76. The minimum Gasteiger partial charge on any atom is -0.329 e. The van der Waals surface area contributed by atoms with Gasteiger partial charge in [-0.1, -0.05) is 0 Å². The summed E-state index contributed by atoms with van der Waals surface area (Å²) in [5, 5.41) is 8.68. The number of likely N-dealkylation sites (N-methyl/N-ethyl adjacent to an activating group) is 1. The molecule has 74 valence electrons. The second-order valence-corrected chi connectivity index (χ2v) is 4.11. The predicted molar refractivity (Wildman–Crippen MR) is 53.0 cm³/mol. The molecule has 1 aliphatic rings. The number of nitriles is 1. The molecule has 0 aromatic heterocycles. The third kappa shape index (κ3) is 2.98. The Bertz CT molecular complexity index is 193. The fourth-order valence-electron chi connectivity index (χ4n) is 1.82. The van der Waals surface area contributed by atoms with Crippen LogP contribution in [0.5, 0.6) is 0 Å². The molecule has 0 aliphatic heterocycles. The van der Waals surface area contributed by atoms with Crippen LogP contribution in [0.15, 0.2) is 0 Å². The van der Waals surface area contributed by atoms with Crippen LogP contribution < -0.4 is 5.73 Å². The molecule has 3 nitrogen and oxygen atoms in total. The SMILES string of the molecule is CC(C#N)CN(C)C(CN)C1CC1. The maximum atomic E-state index is 8.68. The molecule has 2 unspecified atom stereocenters. The summed E-state index contributed by atoms with van der Waals surface area (Å²) in [5.41, 5.74) is 5.71. The number of nitrogens with zero attached hydrogens (tertiary/aromatic N) is 2. The molecule has 0 saturated heterocycles. The van der Waals surface area contributed by atoms with E-state index >= 15 is 0 Å². The molecular weight excluding hydrogens is 162 g/mol. The van der Waals surface area contributed by atoms with Crippen molar-refractivity contribution in [3.63, 3.8) is 0 Å². The molecule has 3 heteroatoms. The molecule has 0 amide bonds. The first kappa shape index (κ1) is 10.5. The normalized spacial score (nSPS) is 21.2. The molecule has 2 N–H and O–H groups in total. The second-order valence-electron chi connectivity index (χ2n) is 4.11. The monoisotopic (exact) mass is 181 g/mol. The van der Waals surface area contributed by atoms with Gasteiger partial charge >= 0.3 is 0 Å². The Kier molecular flexibility index (Phi) is 3.71. The van der Waals surface area contributed by atoms with Crippen molar-refractivity contribution in [3.8, 4) is 6.07 Å². The van der Waals surface area contributed by atoms with E-state index in [2.05, 4.69) is 18.0 Å². The molecule has 1 fully saturated rings. The van der Waals surface area contributed by atoms with Crippen molar-refractivity contribution >= 4 is 0 Å². The van der Waals surface area contributed by atoms with Gasteiger partial charge in [0.15, 0.2) is 0 Å². The van der Waals surface area contributed by atoms with Gasteiger partial charge in [0.2, 0.25) is 0 Å². The molecule has 0 radical (unpaired) electrons. The third-order valence-corrected chi connectivity index (χ3v) is 2.76. The molecule has 1 aliphatic carbocycles. The summed E-state index contributed by atoms with van der Waals surface area (Å²) in [7, 11) is 2.07. The van der Waals surface area contributed by atoms with Gasteiger partial charge in [-0.2, -0.15) is 5.26 Å². The van der Waals surface area contributed by atoms with Gasteiger partial charge in [0, 0.05) is 19.1 Å². The molecule has 13 heavy (non-hydrogen) atoms. The minimum absolute atomic E-state index is 0.109.